The van der Waals surface area contributed by atoms with Gasteiger partial charge in [0.05, 0.1) is 15.7 Å². The Morgan fingerprint density at radius 1 is 1.06 bits per heavy atom. The van der Waals surface area contributed by atoms with E-state index in [9.17, 15) is 0 Å². The van der Waals surface area contributed by atoms with Crippen LogP contribution in [0.1, 0.15) is 0 Å². The second-order valence-corrected chi connectivity index (χ2v) is 4.97. The van der Waals surface area contributed by atoms with Crippen LogP contribution in [0.4, 0.5) is 0 Å². The number of thiophene rings is 1. The molecule has 0 radical (unpaired) electrons. The summed E-state index contributed by atoms with van der Waals surface area (Å²) in [6.07, 6.45) is 5.29. The highest BCUT2D eigenvalue weighted by atomic mass is 32.1. The van der Waals surface area contributed by atoms with Crippen LogP contribution in [-0.2, 0) is 0 Å². The third-order valence-corrected chi connectivity index (χ3v) is 3.93. The molecular formula is C13H7N3S. The Kier molecular flexibility index (Phi) is 1.70. The van der Waals surface area contributed by atoms with Crippen molar-refractivity contribution in [1.29, 1.82) is 0 Å². The SMILES string of the molecule is c1cnc2cc3sc4cncnc4c3cc2c1. The van der Waals surface area contributed by atoms with Crippen LogP contribution in [0.3, 0.4) is 0 Å². The molecule has 0 bridgehead atoms. The summed E-state index contributed by atoms with van der Waals surface area (Å²) in [5, 5.41) is 2.34. The smallest absolute Gasteiger partial charge is 0.116 e. The van der Waals surface area contributed by atoms with Gasteiger partial charge in [-0.1, -0.05) is 6.07 Å². The number of hydrogen-bond acceptors (Lipinski definition) is 4. The number of aromatic nitrogens is 3. The highest BCUT2D eigenvalue weighted by molar-refractivity contribution is 7.25. The van der Waals surface area contributed by atoms with Crippen molar-refractivity contribution in [2.75, 3.05) is 0 Å². The van der Waals surface area contributed by atoms with Crippen LogP contribution in [-0.4, -0.2) is 15.0 Å². The quantitative estimate of drug-likeness (QED) is 0.470. The lowest BCUT2D eigenvalue weighted by Gasteiger charge is -1.96. The van der Waals surface area contributed by atoms with E-state index in [1.54, 1.807) is 17.7 Å². The lowest BCUT2D eigenvalue weighted by molar-refractivity contribution is 1.23. The maximum atomic E-state index is 4.37. The molecule has 0 amide bonds. The van der Waals surface area contributed by atoms with Crippen LogP contribution in [0.25, 0.3) is 31.2 Å². The zero-order valence-electron chi connectivity index (χ0n) is 8.79. The lowest BCUT2D eigenvalue weighted by atomic mass is 10.1. The first-order chi connectivity index (χ1) is 8.42. The number of pyridine rings is 1. The van der Waals surface area contributed by atoms with E-state index in [1.165, 1.54) is 10.1 Å². The zero-order chi connectivity index (χ0) is 11.2. The third-order valence-electron chi connectivity index (χ3n) is 2.86. The minimum atomic E-state index is 1.03. The zero-order valence-corrected chi connectivity index (χ0v) is 9.61. The predicted octanol–water partition coefficient (Wildman–Crippen LogP) is 3.39. The number of benzene rings is 1. The summed E-state index contributed by atoms with van der Waals surface area (Å²) in [7, 11) is 0. The van der Waals surface area contributed by atoms with Crippen molar-refractivity contribution in [3.05, 3.63) is 43.0 Å². The molecule has 0 saturated carbocycles. The topological polar surface area (TPSA) is 38.7 Å². The molecule has 0 fully saturated rings. The standard InChI is InChI=1S/C13H7N3S/c1-2-8-4-9-11(5-10(8)15-3-1)17-12-6-14-7-16-13(9)12/h1-7H. The van der Waals surface area contributed by atoms with Gasteiger partial charge in [0, 0.05) is 27.9 Å². The van der Waals surface area contributed by atoms with E-state index < -0.39 is 0 Å². The van der Waals surface area contributed by atoms with E-state index >= 15 is 0 Å². The third kappa shape index (κ3) is 1.24. The van der Waals surface area contributed by atoms with Gasteiger partial charge in [-0.3, -0.25) is 4.98 Å². The summed E-state index contributed by atoms with van der Waals surface area (Å²) in [4.78, 5) is 12.8. The Morgan fingerprint density at radius 2 is 2.06 bits per heavy atom. The van der Waals surface area contributed by atoms with Gasteiger partial charge in [0.1, 0.15) is 6.33 Å². The first-order valence-corrected chi connectivity index (χ1v) is 6.10. The summed E-state index contributed by atoms with van der Waals surface area (Å²) < 4.78 is 2.34. The van der Waals surface area contributed by atoms with Crippen molar-refractivity contribution >= 4 is 42.5 Å². The Hall–Kier alpha value is -2.07. The van der Waals surface area contributed by atoms with E-state index in [-0.39, 0.29) is 0 Å². The Bertz CT molecular complexity index is 845. The second-order valence-electron chi connectivity index (χ2n) is 3.88. The van der Waals surface area contributed by atoms with Gasteiger partial charge in [-0.2, -0.15) is 0 Å². The molecule has 0 aliphatic carbocycles. The van der Waals surface area contributed by atoms with Crippen LogP contribution >= 0.6 is 11.3 Å². The van der Waals surface area contributed by atoms with Gasteiger partial charge < -0.3 is 0 Å². The molecule has 0 aliphatic rings. The fourth-order valence-corrected chi connectivity index (χ4v) is 3.13. The molecule has 0 spiro atoms. The minimum Gasteiger partial charge on any atom is -0.256 e. The summed E-state index contributed by atoms with van der Waals surface area (Å²) >= 11 is 1.71. The molecule has 3 nitrogen and oxygen atoms in total. The maximum Gasteiger partial charge on any atom is 0.116 e. The van der Waals surface area contributed by atoms with Crippen molar-refractivity contribution in [3.8, 4) is 0 Å². The summed E-state index contributed by atoms with van der Waals surface area (Å²) in [6, 6.07) is 8.31. The summed E-state index contributed by atoms with van der Waals surface area (Å²) in [5.74, 6) is 0. The molecule has 0 aliphatic heterocycles. The van der Waals surface area contributed by atoms with E-state index in [1.807, 2.05) is 18.5 Å². The molecule has 1 aromatic carbocycles. The molecule has 4 rings (SSSR count). The molecule has 17 heavy (non-hydrogen) atoms. The fourth-order valence-electron chi connectivity index (χ4n) is 2.08. The number of nitrogens with zero attached hydrogens (tertiary/aromatic N) is 3. The average molecular weight is 237 g/mol. The van der Waals surface area contributed by atoms with Crippen LogP contribution in [0.5, 0.6) is 0 Å². The van der Waals surface area contributed by atoms with E-state index in [0.717, 1.165) is 21.1 Å². The summed E-state index contributed by atoms with van der Waals surface area (Å²) in [6.45, 7) is 0. The maximum absolute atomic E-state index is 4.37. The summed E-state index contributed by atoms with van der Waals surface area (Å²) in [5.41, 5.74) is 2.06. The van der Waals surface area contributed by atoms with Gasteiger partial charge in [-0.15, -0.1) is 11.3 Å². The first kappa shape index (κ1) is 9.01. The molecule has 3 aromatic heterocycles. The van der Waals surface area contributed by atoms with Crippen molar-refractivity contribution in [2.45, 2.75) is 0 Å². The van der Waals surface area contributed by atoms with Crippen molar-refractivity contribution in [1.82, 2.24) is 15.0 Å². The largest absolute Gasteiger partial charge is 0.256 e. The van der Waals surface area contributed by atoms with Gasteiger partial charge in [-0.25, -0.2) is 9.97 Å². The number of rotatable bonds is 0. The van der Waals surface area contributed by atoms with Gasteiger partial charge in [0.2, 0.25) is 0 Å². The van der Waals surface area contributed by atoms with E-state index in [4.69, 9.17) is 0 Å². The highest BCUT2D eigenvalue weighted by Crippen LogP contribution is 2.33. The molecule has 0 unspecified atom stereocenters. The van der Waals surface area contributed by atoms with Gasteiger partial charge >= 0.3 is 0 Å². The van der Waals surface area contributed by atoms with Crippen molar-refractivity contribution < 1.29 is 0 Å². The minimum absolute atomic E-state index is 1.03. The molecule has 0 atom stereocenters. The van der Waals surface area contributed by atoms with Crippen LogP contribution in [0, 0.1) is 0 Å². The average Bonchev–Trinajstić information content (AvgIpc) is 2.73. The predicted molar refractivity (Wildman–Crippen MR) is 70.2 cm³/mol. The van der Waals surface area contributed by atoms with Crippen molar-refractivity contribution in [2.24, 2.45) is 0 Å². The molecule has 3 heterocycles. The number of hydrogen-bond donors (Lipinski definition) is 0. The highest BCUT2D eigenvalue weighted by Gasteiger charge is 2.07. The Morgan fingerprint density at radius 3 is 3.06 bits per heavy atom. The van der Waals surface area contributed by atoms with E-state index in [2.05, 4.69) is 33.2 Å². The fraction of sp³-hybridized carbons (Fsp3) is 0. The van der Waals surface area contributed by atoms with E-state index in [0.29, 0.717) is 0 Å². The van der Waals surface area contributed by atoms with Gasteiger partial charge in [0.15, 0.2) is 0 Å². The molecule has 4 heteroatoms. The van der Waals surface area contributed by atoms with Gasteiger partial charge in [0.25, 0.3) is 0 Å². The monoisotopic (exact) mass is 237 g/mol. The molecular weight excluding hydrogens is 230 g/mol. The molecule has 0 saturated heterocycles. The van der Waals surface area contributed by atoms with Crippen LogP contribution in [0.2, 0.25) is 0 Å². The van der Waals surface area contributed by atoms with Crippen LogP contribution in [0.15, 0.2) is 43.0 Å². The Labute approximate surface area is 101 Å². The van der Waals surface area contributed by atoms with Gasteiger partial charge in [-0.05, 0) is 18.2 Å². The Balaban J connectivity index is 2.28. The molecule has 0 N–H and O–H groups in total. The number of fused-ring (bicyclic) bond motifs is 4. The second kappa shape index (κ2) is 3.21. The molecule has 4 aromatic rings. The lowest BCUT2D eigenvalue weighted by Crippen LogP contribution is -1.78. The van der Waals surface area contributed by atoms with Crippen LogP contribution < -0.4 is 0 Å². The van der Waals surface area contributed by atoms with Crippen molar-refractivity contribution in [3.63, 3.8) is 0 Å². The first-order valence-electron chi connectivity index (χ1n) is 5.29. The normalized spacial score (nSPS) is 11.5. The molecule has 80 valence electrons.